The van der Waals surface area contributed by atoms with Crippen molar-refractivity contribution in [1.82, 2.24) is 9.55 Å². The molecule has 3 aromatic carbocycles. The summed E-state index contributed by atoms with van der Waals surface area (Å²) < 4.78 is 32.0. The fourth-order valence-electron chi connectivity index (χ4n) is 4.95. The Bertz CT molecular complexity index is 1540. The van der Waals surface area contributed by atoms with Crippen LogP contribution in [0.25, 0.3) is 0 Å². The summed E-state index contributed by atoms with van der Waals surface area (Å²) in [5.74, 6) is 1.32. The van der Waals surface area contributed by atoms with Gasteiger partial charge in [-0.1, -0.05) is 54.6 Å². The molecule has 0 saturated carbocycles. The number of rotatable bonds is 9. The van der Waals surface area contributed by atoms with E-state index >= 15 is 0 Å². The number of hydrogen-bond donors (Lipinski definition) is 3. The number of methoxy groups -OCH3 is 2. The molecule has 0 radical (unpaired) electrons. The number of nitrogens with zero attached hydrogens (tertiary/aromatic N) is 1. The molecule has 5 rings (SSSR count). The summed E-state index contributed by atoms with van der Waals surface area (Å²) >= 11 is 0. The number of H-pyrrole nitrogens is 1. The van der Waals surface area contributed by atoms with Gasteiger partial charge in [0.1, 0.15) is 35.4 Å². The van der Waals surface area contributed by atoms with Crippen molar-refractivity contribution in [1.29, 1.82) is 0 Å². The van der Waals surface area contributed by atoms with Crippen LogP contribution in [0.3, 0.4) is 0 Å². The number of aliphatic hydroxyl groups is 2. The van der Waals surface area contributed by atoms with Crippen molar-refractivity contribution in [2.45, 2.75) is 30.1 Å². The van der Waals surface area contributed by atoms with Gasteiger partial charge in [0.2, 0.25) is 0 Å². The predicted molar refractivity (Wildman–Crippen MR) is 146 cm³/mol. The minimum Gasteiger partial charge on any atom is -0.497 e. The van der Waals surface area contributed by atoms with Crippen LogP contribution in [0.1, 0.15) is 24.3 Å². The van der Waals surface area contributed by atoms with Crippen LogP contribution in [0, 0.1) is 0 Å². The van der Waals surface area contributed by atoms with Crippen molar-refractivity contribution >= 4 is 0 Å². The molecule has 40 heavy (non-hydrogen) atoms. The van der Waals surface area contributed by atoms with E-state index in [1.165, 1.54) is 0 Å². The maximum absolute atomic E-state index is 12.4. The molecule has 10 nitrogen and oxygen atoms in total. The summed E-state index contributed by atoms with van der Waals surface area (Å²) in [6.45, 7) is -0.201. The van der Waals surface area contributed by atoms with Crippen LogP contribution in [0.15, 0.2) is 101 Å². The van der Waals surface area contributed by atoms with Gasteiger partial charge in [-0.3, -0.25) is 14.3 Å². The molecule has 1 aliphatic heterocycles. The summed E-state index contributed by atoms with van der Waals surface area (Å²) in [5.41, 5.74) is -0.639. The Balaban J connectivity index is 1.56. The second-order valence-corrected chi connectivity index (χ2v) is 9.30. The van der Waals surface area contributed by atoms with Crippen LogP contribution in [-0.4, -0.2) is 58.9 Å². The lowest BCUT2D eigenvalue weighted by Crippen LogP contribution is -2.40. The third-order valence-corrected chi connectivity index (χ3v) is 7.04. The van der Waals surface area contributed by atoms with Crippen molar-refractivity contribution in [3.8, 4) is 11.5 Å². The average Bonchev–Trinajstić information content (AvgIpc) is 3.29. The van der Waals surface area contributed by atoms with Crippen molar-refractivity contribution in [3.63, 3.8) is 0 Å². The molecule has 3 N–H and O–H groups in total. The summed E-state index contributed by atoms with van der Waals surface area (Å²) in [4.78, 5) is 26.1. The molecule has 4 atom stereocenters. The van der Waals surface area contributed by atoms with Crippen molar-refractivity contribution in [3.05, 3.63) is 129 Å². The fourth-order valence-corrected chi connectivity index (χ4v) is 4.95. The lowest BCUT2D eigenvalue weighted by Gasteiger charge is -2.37. The second-order valence-electron chi connectivity index (χ2n) is 9.30. The van der Waals surface area contributed by atoms with Gasteiger partial charge in [-0.2, -0.15) is 0 Å². The number of nitrogens with one attached hydrogen (secondary N) is 1. The molecule has 1 fully saturated rings. The molecule has 0 amide bonds. The highest BCUT2D eigenvalue weighted by Crippen LogP contribution is 2.42. The van der Waals surface area contributed by atoms with Crippen LogP contribution < -0.4 is 20.7 Å². The number of hydrogen-bond acceptors (Lipinski definition) is 8. The first-order valence-electron chi connectivity index (χ1n) is 13.1. The zero-order valence-corrected chi connectivity index (χ0v) is 21.9. The number of aromatic amines is 1. The number of aromatic nitrogens is 2. The molecule has 0 aliphatic carbocycles. The Labute approximate surface area is 231 Å². The quantitative estimate of drug-likeness (QED) is 0.213. The topological polar surface area (TPSA) is 132 Å². The maximum Gasteiger partial charge on any atom is 0.330 e. The Morgan fingerprint density at radius 1 is 0.875 bits per heavy atom. The van der Waals surface area contributed by atoms with Gasteiger partial charge >= 0.3 is 5.69 Å². The third-order valence-electron chi connectivity index (χ3n) is 7.04. The lowest BCUT2D eigenvalue weighted by molar-refractivity contribution is -0.0958. The summed E-state index contributed by atoms with van der Waals surface area (Å²) in [6.07, 6.45) is -4.41. The Hall–Kier alpha value is -4.22. The average molecular weight is 553 g/mol. The smallest absolute Gasteiger partial charge is 0.330 e. The second kappa shape index (κ2) is 11.5. The lowest BCUT2D eigenvalue weighted by atomic mass is 9.80. The molecule has 208 valence electrons. The van der Waals surface area contributed by atoms with E-state index in [-0.39, 0.29) is 6.61 Å². The zero-order chi connectivity index (χ0) is 29.1. The van der Waals surface area contributed by atoms with Crippen LogP contribution in [0.2, 0.25) is 0 Å². The van der Waals surface area contributed by atoms with E-state index < -0.39 is 47.4 Å². The van der Waals surface area contributed by atoms with Gasteiger partial charge in [-0.05, 0) is 41.0 Å². The minimum atomic E-state index is -1.53. The van der Waals surface area contributed by atoms with Gasteiger partial charge in [-0.15, -0.1) is 0 Å². The number of benzene rings is 3. The molecule has 0 unspecified atom stereocenters. The van der Waals surface area contributed by atoms with Crippen LogP contribution >= 0.6 is 0 Å². The van der Waals surface area contributed by atoms with Gasteiger partial charge in [-0.25, -0.2) is 4.79 Å². The largest absolute Gasteiger partial charge is 0.497 e. The highest BCUT2D eigenvalue weighted by Gasteiger charge is 2.46. The molecule has 1 saturated heterocycles. The van der Waals surface area contributed by atoms with E-state index in [0.717, 1.165) is 27.5 Å². The zero-order valence-electron chi connectivity index (χ0n) is 22.9. The predicted octanol–water partition coefficient (Wildman–Crippen LogP) is 2.18. The third kappa shape index (κ3) is 5.05. The van der Waals surface area contributed by atoms with Crippen molar-refractivity contribution in [2.24, 2.45) is 0 Å². The van der Waals surface area contributed by atoms with E-state index in [9.17, 15) is 19.8 Å². The monoisotopic (exact) mass is 552 g/mol. The van der Waals surface area contributed by atoms with Gasteiger partial charge in [0.05, 0.1) is 22.2 Å². The molecule has 0 bridgehead atoms. The molecule has 1 aromatic heterocycles. The molecule has 1 aliphatic rings. The van der Waals surface area contributed by atoms with Crippen LogP contribution in [-0.2, 0) is 15.1 Å². The molecule has 4 aromatic rings. The molecule has 0 spiro atoms. The standard InChI is InChI=1S/C30H30N2O8/c1-37-22-12-8-20(9-13-22)30(19-6-4-3-5-7-19,21-10-14-23(38-2)15-11-21)39-18-24-26(34)27(35)28(40-24)32-17-16-25(33)31-29(32)36/h3-17,24,26-28,34-35H,18H2,1-2H3,(H,31,33,36)/t24-,26-,27-,28-/m1/s1/i16D,18+1,24+1,26+1,27+1,28+1. The van der Waals surface area contributed by atoms with Gasteiger partial charge in [0.15, 0.2) is 6.23 Å². The first-order valence-corrected chi connectivity index (χ1v) is 12.6. The fraction of sp³-hybridized carbons (Fsp3) is 0.267. The van der Waals surface area contributed by atoms with Gasteiger partial charge in [0, 0.05) is 12.2 Å². The van der Waals surface area contributed by atoms with E-state index in [4.69, 9.17) is 20.3 Å². The normalized spacial score (nSPS) is 21.1. The first kappa shape index (κ1) is 26.0. The van der Waals surface area contributed by atoms with E-state index in [2.05, 4.69) is 0 Å². The molecule has 10 heteroatoms. The van der Waals surface area contributed by atoms with Crippen molar-refractivity contribution < 1.29 is 30.5 Å². The highest BCUT2D eigenvalue weighted by molar-refractivity contribution is 5.49. The summed E-state index contributed by atoms with van der Waals surface area (Å²) in [5, 5.41) is 21.7. The molecule has 2 heterocycles. The Morgan fingerprint density at radius 3 is 1.98 bits per heavy atom. The molecular formula is C30H30N2O8. The van der Waals surface area contributed by atoms with E-state index in [0.29, 0.717) is 11.5 Å². The van der Waals surface area contributed by atoms with Gasteiger partial charge in [0.25, 0.3) is 5.56 Å². The number of aliphatic hydroxyl groups excluding tert-OH is 2. The summed E-state index contributed by atoms with van der Waals surface area (Å²) in [7, 11) is 3.16. The SMILES string of the molecule is [2H]c1cn([13C@@H]2O[13C@H]([13CH2]OC(c3ccccc3)(c3ccc(OC)cc3)c3ccc(OC)cc3)[13C@@H](O)[13C@H]2O)c(=O)[nH]c1=O. The van der Waals surface area contributed by atoms with E-state index in [1.807, 2.05) is 83.8 Å². The Kier molecular flexibility index (Phi) is 7.47. The minimum absolute atomic E-state index is 0.201. The van der Waals surface area contributed by atoms with Crippen LogP contribution in [0.5, 0.6) is 11.5 Å². The summed E-state index contributed by atoms with van der Waals surface area (Å²) in [6, 6.07) is 23.9. The number of ether oxygens (including phenoxy) is 4. The van der Waals surface area contributed by atoms with Crippen LogP contribution in [0.4, 0.5) is 0 Å². The maximum atomic E-state index is 12.4. The van der Waals surface area contributed by atoms with E-state index in [1.54, 1.807) is 14.2 Å². The Morgan fingerprint density at radius 2 is 1.43 bits per heavy atom. The highest BCUT2D eigenvalue weighted by atomic mass is 16.8. The first-order chi connectivity index (χ1) is 19.8. The van der Waals surface area contributed by atoms with Gasteiger partial charge < -0.3 is 29.2 Å². The molecular weight excluding hydrogens is 521 g/mol. The van der Waals surface area contributed by atoms with Crippen molar-refractivity contribution in [2.75, 3.05) is 20.8 Å².